The van der Waals surface area contributed by atoms with Gasteiger partial charge in [-0.25, -0.2) is 4.79 Å². The van der Waals surface area contributed by atoms with Crippen LogP contribution in [0.4, 0.5) is 10.5 Å². The number of piperidine rings is 1. The van der Waals surface area contributed by atoms with Crippen LogP contribution >= 0.6 is 0 Å². The summed E-state index contributed by atoms with van der Waals surface area (Å²) < 4.78 is 1.67. The molecule has 5 heteroatoms. The molecule has 1 aromatic rings. The Hall–Kier alpha value is -1.52. The summed E-state index contributed by atoms with van der Waals surface area (Å²) in [4.78, 5) is 13.7. The van der Waals surface area contributed by atoms with E-state index in [4.69, 9.17) is 0 Å². The van der Waals surface area contributed by atoms with Gasteiger partial charge in [-0.15, -0.1) is 0 Å². The molecule has 1 N–H and O–H groups in total. The van der Waals surface area contributed by atoms with Crippen LogP contribution in [0.25, 0.3) is 0 Å². The Balaban J connectivity index is 1.88. The molecule has 0 radical (unpaired) electrons. The van der Waals surface area contributed by atoms with Crippen molar-refractivity contribution in [2.45, 2.75) is 19.8 Å². The van der Waals surface area contributed by atoms with Crippen molar-refractivity contribution in [3.8, 4) is 0 Å². The average molecular weight is 222 g/mol. The summed E-state index contributed by atoms with van der Waals surface area (Å²) in [6, 6.07) is -0.0140. The number of likely N-dealkylation sites (tertiary alicyclic amines) is 1. The van der Waals surface area contributed by atoms with Crippen LogP contribution in [0.5, 0.6) is 0 Å². The lowest BCUT2D eigenvalue weighted by molar-refractivity contribution is 0.186. The van der Waals surface area contributed by atoms with Crippen molar-refractivity contribution in [3.63, 3.8) is 0 Å². The molecule has 0 unspecified atom stereocenters. The van der Waals surface area contributed by atoms with Crippen molar-refractivity contribution in [1.29, 1.82) is 0 Å². The molecular weight excluding hydrogens is 204 g/mol. The van der Waals surface area contributed by atoms with Crippen molar-refractivity contribution < 1.29 is 4.79 Å². The molecule has 0 atom stereocenters. The summed E-state index contributed by atoms with van der Waals surface area (Å²) in [6.07, 6.45) is 5.65. The Morgan fingerprint density at radius 1 is 1.50 bits per heavy atom. The van der Waals surface area contributed by atoms with Gasteiger partial charge in [-0.2, -0.15) is 5.10 Å². The highest BCUT2D eigenvalue weighted by Gasteiger charge is 2.20. The number of hydrogen-bond donors (Lipinski definition) is 1. The zero-order valence-electron chi connectivity index (χ0n) is 9.81. The van der Waals surface area contributed by atoms with Gasteiger partial charge in [-0.3, -0.25) is 4.68 Å². The average Bonchev–Trinajstić information content (AvgIpc) is 2.65. The quantitative estimate of drug-likeness (QED) is 0.786. The molecule has 1 aromatic heterocycles. The van der Waals surface area contributed by atoms with E-state index in [0.29, 0.717) is 0 Å². The summed E-state index contributed by atoms with van der Waals surface area (Å²) in [5.74, 6) is 0.738. The number of amides is 2. The lowest BCUT2D eigenvalue weighted by atomic mass is 10.00. The molecular formula is C11H18N4O. The summed E-state index contributed by atoms with van der Waals surface area (Å²) in [5.41, 5.74) is 0.756. The molecule has 2 rings (SSSR count). The van der Waals surface area contributed by atoms with Crippen molar-refractivity contribution in [1.82, 2.24) is 14.7 Å². The van der Waals surface area contributed by atoms with Crippen LogP contribution in [0.3, 0.4) is 0 Å². The van der Waals surface area contributed by atoms with Gasteiger partial charge in [-0.05, 0) is 18.8 Å². The monoisotopic (exact) mass is 222 g/mol. The van der Waals surface area contributed by atoms with Crippen LogP contribution in [0.2, 0.25) is 0 Å². The molecule has 2 amide bonds. The van der Waals surface area contributed by atoms with Gasteiger partial charge in [-0.1, -0.05) is 6.92 Å². The topological polar surface area (TPSA) is 50.2 Å². The lowest BCUT2D eigenvalue weighted by Crippen LogP contribution is -2.40. The molecule has 5 nitrogen and oxygen atoms in total. The molecule has 16 heavy (non-hydrogen) atoms. The van der Waals surface area contributed by atoms with Crippen LogP contribution in [-0.2, 0) is 7.05 Å². The number of aromatic nitrogens is 2. The van der Waals surface area contributed by atoms with Crippen LogP contribution in [0.1, 0.15) is 19.8 Å². The fourth-order valence-corrected chi connectivity index (χ4v) is 1.90. The molecule has 0 aromatic carbocycles. The predicted molar refractivity (Wildman–Crippen MR) is 62.2 cm³/mol. The first-order chi connectivity index (χ1) is 7.65. The number of rotatable bonds is 1. The van der Waals surface area contributed by atoms with E-state index in [0.717, 1.165) is 37.5 Å². The highest BCUT2D eigenvalue weighted by atomic mass is 16.2. The SMILES string of the molecule is CC1CCN(C(=O)Nc2cnn(C)c2)CC1. The van der Waals surface area contributed by atoms with Gasteiger partial charge in [0.1, 0.15) is 0 Å². The first kappa shape index (κ1) is 11.0. The first-order valence-electron chi connectivity index (χ1n) is 5.69. The number of nitrogens with one attached hydrogen (secondary N) is 1. The Bertz CT molecular complexity index is 366. The standard InChI is InChI=1S/C11H18N4O/c1-9-3-5-15(6-4-9)11(16)13-10-7-12-14(2)8-10/h7-9H,3-6H2,1-2H3,(H,13,16). The second kappa shape index (κ2) is 4.55. The van der Waals surface area contributed by atoms with E-state index < -0.39 is 0 Å². The van der Waals surface area contributed by atoms with Gasteiger partial charge in [0.25, 0.3) is 0 Å². The number of anilines is 1. The Labute approximate surface area is 95.4 Å². The van der Waals surface area contributed by atoms with Gasteiger partial charge < -0.3 is 10.2 Å². The molecule has 1 fully saturated rings. The van der Waals surface area contributed by atoms with Gasteiger partial charge in [0, 0.05) is 26.3 Å². The molecule has 88 valence electrons. The van der Waals surface area contributed by atoms with Crippen LogP contribution in [-0.4, -0.2) is 33.8 Å². The van der Waals surface area contributed by atoms with Crippen LogP contribution in [0.15, 0.2) is 12.4 Å². The molecule has 0 spiro atoms. The molecule has 0 bridgehead atoms. The minimum absolute atomic E-state index is 0.0140. The summed E-state index contributed by atoms with van der Waals surface area (Å²) >= 11 is 0. The van der Waals surface area contributed by atoms with E-state index >= 15 is 0 Å². The van der Waals surface area contributed by atoms with Crippen LogP contribution in [0, 0.1) is 5.92 Å². The van der Waals surface area contributed by atoms with Gasteiger partial charge in [0.05, 0.1) is 11.9 Å². The van der Waals surface area contributed by atoms with E-state index in [-0.39, 0.29) is 6.03 Å². The molecule has 2 heterocycles. The Morgan fingerprint density at radius 3 is 2.75 bits per heavy atom. The first-order valence-corrected chi connectivity index (χ1v) is 5.69. The van der Waals surface area contributed by atoms with Gasteiger partial charge >= 0.3 is 6.03 Å². The zero-order valence-corrected chi connectivity index (χ0v) is 9.81. The van der Waals surface area contributed by atoms with Crippen molar-refractivity contribution in [3.05, 3.63) is 12.4 Å². The minimum Gasteiger partial charge on any atom is -0.325 e. The molecule has 1 saturated heterocycles. The zero-order chi connectivity index (χ0) is 11.5. The number of urea groups is 1. The van der Waals surface area contributed by atoms with Crippen molar-refractivity contribution >= 4 is 11.7 Å². The highest BCUT2D eigenvalue weighted by Crippen LogP contribution is 2.16. The number of hydrogen-bond acceptors (Lipinski definition) is 2. The highest BCUT2D eigenvalue weighted by molar-refractivity contribution is 5.89. The molecule has 0 aliphatic carbocycles. The number of carbonyl (C=O) groups excluding carboxylic acids is 1. The summed E-state index contributed by atoms with van der Waals surface area (Å²) in [6.45, 7) is 3.94. The number of aryl methyl sites for hydroxylation is 1. The van der Waals surface area contributed by atoms with E-state index in [1.165, 1.54) is 0 Å². The third-order valence-electron chi connectivity index (χ3n) is 3.03. The lowest BCUT2D eigenvalue weighted by Gasteiger charge is -2.30. The van der Waals surface area contributed by atoms with E-state index in [2.05, 4.69) is 17.3 Å². The van der Waals surface area contributed by atoms with Crippen molar-refractivity contribution in [2.24, 2.45) is 13.0 Å². The molecule has 0 saturated carbocycles. The van der Waals surface area contributed by atoms with E-state index in [9.17, 15) is 4.79 Å². The molecule has 1 aliphatic rings. The maximum absolute atomic E-state index is 11.9. The van der Waals surface area contributed by atoms with Crippen molar-refractivity contribution in [2.75, 3.05) is 18.4 Å². The van der Waals surface area contributed by atoms with E-state index in [1.54, 1.807) is 17.1 Å². The van der Waals surface area contributed by atoms with Crippen LogP contribution < -0.4 is 5.32 Å². The largest absolute Gasteiger partial charge is 0.325 e. The third kappa shape index (κ3) is 2.53. The summed E-state index contributed by atoms with van der Waals surface area (Å²) in [5, 5.41) is 6.86. The fraction of sp³-hybridized carbons (Fsp3) is 0.636. The maximum Gasteiger partial charge on any atom is 0.321 e. The number of nitrogens with zero attached hydrogens (tertiary/aromatic N) is 3. The normalized spacial score (nSPS) is 17.5. The van der Waals surface area contributed by atoms with Gasteiger partial charge in [0.15, 0.2) is 0 Å². The second-order valence-corrected chi connectivity index (χ2v) is 4.50. The fourth-order valence-electron chi connectivity index (χ4n) is 1.90. The Kier molecular flexibility index (Phi) is 3.12. The third-order valence-corrected chi connectivity index (χ3v) is 3.03. The smallest absolute Gasteiger partial charge is 0.321 e. The predicted octanol–water partition coefficient (Wildman–Crippen LogP) is 1.68. The maximum atomic E-state index is 11.9. The minimum atomic E-state index is -0.0140. The van der Waals surface area contributed by atoms with E-state index in [1.807, 2.05) is 11.9 Å². The Morgan fingerprint density at radius 2 is 2.19 bits per heavy atom. The van der Waals surface area contributed by atoms with Gasteiger partial charge in [0.2, 0.25) is 0 Å². The number of carbonyl (C=O) groups is 1. The summed E-state index contributed by atoms with van der Waals surface area (Å²) in [7, 11) is 1.83. The second-order valence-electron chi connectivity index (χ2n) is 4.50. The molecule has 1 aliphatic heterocycles.